The van der Waals surface area contributed by atoms with Crippen molar-refractivity contribution in [2.24, 2.45) is 5.14 Å². The number of amides is 1. The van der Waals surface area contributed by atoms with Gasteiger partial charge in [0, 0.05) is 10.0 Å². The van der Waals surface area contributed by atoms with E-state index in [0.29, 0.717) is 4.47 Å². The zero-order chi connectivity index (χ0) is 17.1. The van der Waals surface area contributed by atoms with Crippen molar-refractivity contribution in [3.05, 3.63) is 28.2 Å². The lowest BCUT2D eigenvalue weighted by molar-refractivity contribution is -0.125. The average Bonchev–Trinajstić information content (AvgIpc) is 2.33. The highest BCUT2D eigenvalue weighted by atomic mass is 79.9. The second-order valence-electron chi connectivity index (χ2n) is 5.56. The number of carbonyl (C=O) groups is 2. The number of carbonyl (C=O) groups excluding carboxylic acids is 2. The van der Waals surface area contributed by atoms with Crippen molar-refractivity contribution in [1.82, 2.24) is 5.32 Å². The van der Waals surface area contributed by atoms with Crippen LogP contribution in [0.5, 0.6) is 0 Å². The van der Waals surface area contributed by atoms with Gasteiger partial charge in [0.1, 0.15) is 0 Å². The molecule has 0 saturated carbocycles. The van der Waals surface area contributed by atoms with E-state index in [-0.39, 0.29) is 10.5 Å². The summed E-state index contributed by atoms with van der Waals surface area (Å²) < 4.78 is 27.8. The molecule has 22 heavy (non-hydrogen) atoms. The molecule has 0 spiro atoms. The van der Waals surface area contributed by atoms with E-state index in [1.54, 1.807) is 20.8 Å². The summed E-state index contributed by atoms with van der Waals surface area (Å²) in [5.41, 5.74) is -0.479. The molecule has 3 N–H and O–H groups in total. The van der Waals surface area contributed by atoms with Crippen LogP contribution in [0.15, 0.2) is 27.6 Å². The molecule has 0 fully saturated rings. The number of nitrogens with two attached hydrogens (primary N) is 1. The van der Waals surface area contributed by atoms with Gasteiger partial charge in [-0.3, -0.25) is 4.79 Å². The Morgan fingerprint density at radius 2 is 1.91 bits per heavy atom. The summed E-state index contributed by atoms with van der Waals surface area (Å²) in [7, 11) is -3.94. The normalized spacial score (nSPS) is 11.9. The molecule has 1 amide bonds. The summed E-state index contributed by atoms with van der Waals surface area (Å²) in [5.74, 6) is -1.29. The van der Waals surface area contributed by atoms with Crippen molar-refractivity contribution in [3.8, 4) is 0 Å². The van der Waals surface area contributed by atoms with Gasteiger partial charge in [-0.25, -0.2) is 18.4 Å². The molecular formula is C13H17BrN2O5S. The zero-order valence-corrected chi connectivity index (χ0v) is 14.7. The smallest absolute Gasteiger partial charge is 0.339 e. The van der Waals surface area contributed by atoms with Crippen LogP contribution in [0.1, 0.15) is 31.1 Å². The van der Waals surface area contributed by atoms with Gasteiger partial charge < -0.3 is 10.1 Å². The molecule has 0 aliphatic carbocycles. The highest BCUT2D eigenvalue weighted by Crippen LogP contribution is 2.21. The molecule has 1 aromatic carbocycles. The fourth-order valence-corrected chi connectivity index (χ4v) is 2.45. The van der Waals surface area contributed by atoms with Crippen molar-refractivity contribution >= 4 is 37.8 Å². The van der Waals surface area contributed by atoms with Crippen LogP contribution in [0.25, 0.3) is 0 Å². The molecule has 0 heterocycles. The van der Waals surface area contributed by atoms with Gasteiger partial charge in [0.15, 0.2) is 6.61 Å². The van der Waals surface area contributed by atoms with E-state index in [2.05, 4.69) is 21.2 Å². The van der Waals surface area contributed by atoms with E-state index in [1.165, 1.54) is 12.1 Å². The number of esters is 1. The molecular weight excluding hydrogens is 376 g/mol. The third-order valence-corrected chi connectivity index (χ3v) is 3.94. The first-order valence-electron chi connectivity index (χ1n) is 6.20. The lowest BCUT2D eigenvalue weighted by atomic mass is 10.1. The van der Waals surface area contributed by atoms with Crippen LogP contribution in [0.2, 0.25) is 0 Å². The first-order chi connectivity index (χ1) is 9.90. The van der Waals surface area contributed by atoms with Crippen molar-refractivity contribution in [2.75, 3.05) is 6.61 Å². The van der Waals surface area contributed by atoms with Gasteiger partial charge >= 0.3 is 5.97 Å². The molecule has 0 aromatic heterocycles. The van der Waals surface area contributed by atoms with Crippen LogP contribution >= 0.6 is 15.9 Å². The van der Waals surface area contributed by atoms with Gasteiger partial charge in [-0.15, -0.1) is 0 Å². The number of hydrogen-bond acceptors (Lipinski definition) is 5. The number of ether oxygens (including phenoxy) is 1. The lowest BCUT2D eigenvalue weighted by Crippen LogP contribution is -2.42. The maximum Gasteiger partial charge on any atom is 0.339 e. The number of halogens is 1. The molecule has 122 valence electrons. The van der Waals surface area contributed by atoms with Gasteiger partial charge in [0.25, 0.3) is 5.91 Å². The number of benzene rings is 1. The Bertz CT molecular complexity index is 695. The SMILES string of the molecule is CC(C)(C)NC(=O)COC(=O)c1cc(S(N)(=O)=O)ccc1Br. The van der Waals surface area contributed by atoms with Crippen LogP contribution < -0.4 is 10.5 Å². The first-order valence-corrected chi connectivity index (χ1v) is 8.54. The molecule has 0 aliphatic heterocycles. The number of sulfonamides is 1. The largest absolute Gasteiger partial charge is 0.452 e. The molecule has 1 rings (SSSR count). The van der Waals surface area contributed by atoms with Crippen LogP contribution in [0, 0.1) is 0 Å². The minimum absolute atomic E-state index is 0.0323. The van der Waals surface area contributed by atoms with Crippen LogP contribution in [0.4, 0.5) is 0 Å². The summed E-state index contributed by atoms with van der Waals surface area (Å²) in [6.45, 7) is 4.90. The van der Waals surface area contributed by atoms with E-state index < -0.39 is 34.0 Å². The highest BCUT2D eigenvalue weighted by molar-refractivity contribution is 9.10. The second kappa shape index (κ2) is 6.76. The van der Waals surface area contributed by atoms with Crippen molar-refractivity contribution in [2.45, 2.75) is 31.2 Å². The molecule has 0 unspecified atom stereocenters. The Labute approximate surface area is 137 Å². The monoisotopic (exact) mass is 392 g/mol. The Balaban J connectivity index is 2.84. The average molecular weight is 393 g/mol. The summed E-state index contributed by atoms with van der Waals surface area (Å²) in [5, 5.41) is 7.64. The number of primary sulfonamides is 1. The van der Waals surface area contributed by atoms with Gasteiger partial charge in [0.2, 0.25) is 10.0 Å². The maximum atomic E-state index is 11.9. The molecule has 0 radical (unpaired) electrons. The third kappa shape index (κ3) is 5.74. The molecule has 7 nitrogen and oxygen atoms in total. The topological polar surface area (TPSA) is 116 Å². The molecule has 0 aliphatic rings. The third-order valence-electron chi connectivity index (χ3n) is 2.34. The molecule has 9 heteroatoms. The van der Waals surface area contributed by atoms with Crippen molar-refractivity contribution in [1.29, 1.82) is 0 Å². The summed E-state index contributed by atoms with van der Waals surface area (Å²) in [4.78, 5) is 23.3. The van der Waals surface area contributed by atoms with Crippen LogP contribution in [0.3, 0.4) is 0 Å². The fourth-order valence-electron chi connectivity index (χ4n) is 1.50. The fraction of sp³-hybridized carbons (Fsp3) is 0.385. The van der Waals surface area contributed by atoms with E-state index in [4.69, 9.17) is 9.88 Å². The molecule has 0 saturated heterocycles. The molecule has 1 aromatic rings. The molecule has 0 atom stereocenters. The first kappa shape index (κ1) is 18.6. The number of hydrogen-bond donors (Lipinski definition) is 2. The standard InChI is InChI=1S/C13H17BrN2O5S/c1-13(2,3)16-11(17)7-21-12(18)9-6-8(22(15,19)20)4-5-10(9)14/h4-6H,7H2,1-3H3,(H,16,17)(H2,15,19,20). The Hall–Kier alpha value is -1.45. The summed E-state index contributed by atoms with van der Waals surface area (Å²) in [6, 6.07) is 3.71. The van der Waals surface area contributed by atoms with E-state index >= 15 is 0 Å². The minimum Gasteiger partial charge on any atom is -0.452 e. The summed E-state index contributed by atoms with van der Waals surface area (Å²) in [6.07, 6.45) is 0. The zero-order valence-electron chi connectivity index (χ0n) is 12.3. The van der Waals surface area contributed by atoms with Gasteiger partial charge in [-0.05, 0) is 54.9 Å². The lowest BCUT2D eigenvalue weighted by Gasteiger charge is -2.20. The van der Waals surface area contributed by atoms with Crippen molar-refractivity contribution in [3.63, 3.8) is 0 Å². The van der Waals surface area contributed by atoms with Gasteiger partial charge in [-0.2, -0.15) is 0 Å². The Kier molecular flexibility index (Phi) is 5.71. The molecule has 0 bridgehead atoms. The minimum atomic E-state index is -3.94. The Morgan fingerprint density at radius 1 is 1.32 bits per heavy atom. The van der Waals surface area contributed by atoms with E-state index in [1.807, 2.05) is 0 Å². The van der Waals surface area contributed by atoms with Gasteiger partial charge in [0.05, 0.1) is 10.5 Å². The number of nitrogens with one attached hydrogen (secondary N) is 1. The van der Waals surface area contributed by atoms with E-state index in [9.17, 15) is 18.0 Å². The predicted molar refractivity (Wildman–Crippen MR) is 83.7 cm³/mol. The Morgan fingerprint density at radius 3 is 2.41 bits per heavy atom. The predicted octanol–water partition coefficient (Wildman–Crippen LogP) is 1.17. The summed E-state index contributed by atoms with van der Waals surface area (Å²) >= 11 is 3.12. The van der Waals surface area contributed by atoms with Crippen LogP contribution in [-0.2, 0) is 19.6 Å². The maximum absolute atomic E-state index is 11.9. The quantitative estimate of drug-likeness (QED) is 0.745. The number of rotatable bonds is 4. The van der Waals surface area contributed by atoms with Crippen LogP contribution in [-0.4, -0.2) is 32.4 Å². The van der Waals surface area contributed by atoms with Gasteiger partial charge in [-0.1, -0.05) is 0 Å². The van der Waals surface area contributed by atoms with E-state index in [0.717, 1.165) is 6.07 Å². The second-order valence-corrected chi connectivity index (χ2v) is 7.98. The van der Waals surface area contributed by atoms with Crippen molar-refractivity contribution < 1.29 is 22.7 Å². The highest BCUT2D eigenvalue weighted by Gasteiger charge is 2.19.